The fraction of sp³-hybridized carbons (Fsp3) is 1.00. The summed E-state index contributed by atoms with van der Waals surface area (Å²) in [5, 5.41) is 0. The normalized spacial score (nSPS) is 25.4. The zero-order valence-electron chi connectivity index (χ0n) is 4.82. The molecular formula is C6H11Hg+. The Morgan fingerprint density at radius 2 is 1.57 bits per heavy atom. The summed E-state index contributed by atoms with van der Waals surface area (Å²) < 4.78 is 1.23. The minimum absolute atomic E-state index is 1.09. The van der Waals surface area contributed by atoms with Crippen LogP contribution in [0.3, 0.4) is 0 Å². The van der Waals surface area contributed by atoms with Gasteiger partial charge in [-0.2, -0.15) is 0 Å². The van der Waals surface area contributed by atoms with Gasteiger partial charge in [0.2, 0.25) is 0 Å². The topological polar surface area (TPSA) is 0 Å². The van der Waals surface area contributed by atoms with E-state index in [9.17, 15) is 0 Å². The van der Waals surface area contributed by atoms with Crippen molar-refractivity contribution < 1.29 is 26.1 Å². The zero-order valence-corrected chi connectivity index (χ0v) is 10.3. The third-order valence-electron chi connectivity index (χ3n) is 1.72. The monoisotopic (exact) mass is 285 g/mol. The van der Waals surface area contributed by atoms with Crippen LogP contribution in [0.15, 0.2) is 0 Å². The Bertz CT molecular complexity index is 46.1. The van der Waals surface area contributed by atoms with Crippen LogP contribution >= 0.6 is 0 Å². The predicted molar refractivity (Wildman–Crippen MR) is 26.8 cm³/mol. The molecular weight excluding hydrogens is 273 g/mol. The van der Waals surface area contributed by atoms with Crippen LogP contribution in [0.2, 0.25) is 3.43 Å². The van der Waals surface area contributed by atoms with Crippen molar-refractivity contribution in [2.45, 2.75) is 35.5 Å². The van der Waals surface area contributed by atoms with Crippen LogP contribution in [-0.2, 0) is 26.1 Å². The Balaban J connectivity index is 2.12. The van der Waals surface area contributed by atoms with Crippen molar-refractivity contribution in [1.29, 1.82) is 0 Å². The molecule has 1 saturated carbocycles. The van der Waals surface area contributed by atoms with Crippen molar-refractivity contribution in [1.82, 2.24) is 0 Å². The Hall–Kier alpha value is 0.935. The third-order valence-corrected chi connectivity index (χ3v) is 4.90. The summed E-state index contributed by atoms with van der Waals surface area (Å²) in [5.41, 5.74) is 0. The van der Waals surface area contributed by atoms with Gasteiger partial charge >= 0.3 is 61.7 Å². The van der Waals surface area contributed by atoms with Gasteiger partial charge in [-0.25, -0.2) is 0 Å². The quantitative estimate of drug-likeness (QED) is 0.599. The summed E-state index contributed by atoms with van der Waals surface area (Å²) in [6.07, 6.45) is 7.74. The first-order valence-electron chi connectivity index (χ1n) is 3.22. The van der Waals surface area contributed by atoms with Crippen molar-refractivity contribution in [3.63, 3.8) is 0 Å². The van der Waals surface area contributed by atoms with Crippen molar-refractivity contribution >= 4 is 0 Å². The first kappa shape index (κ1) is 6.06. The Labute approximate surface area is 61.6 Å². The second kappa shape index (κ2) is 3.06. The molecule has 0 atom stereocenters. The van der Waals surface area contributed by atoms with Gasteiger partial charge < -0.3 is 0 Å². The van der Waals surface area contributed by atoms with E-state index in [-0.39, 0.29) is 0 Å². The number of hydrogen-bond donors (Lipinski definition) is 0. The van der Waals surface area contributed by atoms with Gasteiger partial charge in [0.1, 0.15) is 0 Å². The molecule has 1 fully saturated rings. The predicted octanol–water partition coefficient (Wildman–Crippen LogP) is 2.29. The van der Waals surface area contributed by atoms with E-state index in [1.807, 2.05) is 0 Å². The van der Waals surface area contributed by atoms with Gasteiger partial charge in [-0.05, 0) is 0 Å². The van der Waals surface area contributed by atoms with E-state index in [4.69, 9.17) is 0 Å². The van der Waals surface area contributed by atoms with E-state index >= 15 is 0 Å². The molecule has 1 rings (SSSR count). The van der Waals surface area contributed by atoms with Crippen LogP contribution in [0.4, 0.5) is 0 Å². The first-order chi connectivity index (χ1) is 3.39. The van der Waals surface area contributed by atoms with Gasteiger partial charge in [0.05, 0.1) is 0 Å². The van der Waals surface area contributed by atoms with Crippen molar-refractivity contribution in [3.05, 3.63) is 0 Å². The van der Waals surface area contributed by atoms with Gasteiger partial charge in [0, 0.05) is 0 Å². The second-order valence-corrected chi connectivity index (χ2v) is 6.99. The summed E-state index contributed by atoms with van der Waals surface area (Å²) in [6.45, 7) is 0. The molecule has 0 N–H and O–H groups in total. The summed E-state index contributed by atoms with van der Waals surface area (Å²) in [4.78, 5) is 0. The molecule has 1 heteroatoms. The molecule has 0 spiro atoms. The Morgan fingerprint density at radius 3 is 1.86 bits per heavy atom. The van der Waals surface area contributed by atoms with E-state index in [0.29, 0.717) is 0 Å². The van der Waals surface area contributed by atoms with Crippen LogP contribution < -0.4 is 0 Å². The molecule has 0 aromatic carbocycles. The van der Waals surface area contributed by atoms with Gasteiger partial charge in [-0.1, -0.05) is 0 Å². The summed E-state index contributed by atoms with van der Waals surface area (Å²) >= 11 is 1.09. The van der Waals surface area contributed by atoms with Crippen molar-refractivity contribution in [2.75, 3.05) is 0 Å². The van der Waals surface area contributed by atoms with Gasteiger partial charge in [0.25, 0.3) is 0 Å². The van der Waals surface area contributed by atoms with E-state index in [1.54, 1.807) is 12.8 Å². The Morgan fingerprint density at radius 1 is 1.00 bits per heavy atom. The average molecular weight is 284 g/mol. The zero-order chi connectivity index (χ0) is 5.11. The van der Waals surface area contributed by atoms with E-state index < -0.39 is 0 Å². The summed E-state index contributed by atoms with van der Waals surface area (Å²) in [6, 6.07) is 0. The molecule has 0 aromatic rings. The second-order valence-electron chi connectivity index (χ2n) is 2.50. The summed E-state index contributed by atoms with van der Waals surface area (Å²) in [5.74, 6) is 0. The minimum atomic E-state index is 1.09. The summed E-state index contributed by atoms with van der Waals surface area (Å²) in [7, 11) is 0. The van der Waals surface area contributed by atoms with Crippen LogP contribution in [0, 0.1) is 0 Å². The molecule has 0 saturated heterocycles. The van der Waals surface area contributed by atoms with E-state index in [2.05, 4.69) is 0 Å². The van der Waals surface area contributed by atoms with Gasteiger partial charge in [-0.3, -0.25) is 0 Å². The molecule has 7 heavy (non-hydrogen) atoms. The molecule has 36 valence electrons. The molecule has 0 heterocycles. The average Bonchev–Trinajstić information content (AvgIpc) is 1.69. The van der Waals surface area contributed by atoms with Crippen molar-refractivity contribution in [2.24, 2.45) is 0 Å². The molecule has 0 bridgehead atoms. The number of hydrogen-bond acceptors (Lipinski definition) is 0. The van der Waals surface area contributed by atoms with Crippen LogP contribution in [-0.4, -0.2) is 0 Å². The van der Waals surface area contributed by atoms with Crippen LogP contribution in [0.5, 0.6) is 0 Å². The van der Waals surface area contributed by atoms with Gasteiger partial charge in [0.15, 0.2) is 0 Å². The molecule has 0 nitrogen and oxygen atoms in total. The molecule has 0 radical (unpaired) electrons. The van der Waals surface area contributed by atoms with E-state index in [1.165, 1.54) is 22.7 Å². The fourth-order valence-electron chi connectivity index (χ4n) is 1.19. The molecule has 0 unspecified atom stereocenters. The van der Waals surface area contributed by atoms with E-state index in [0.717, 1.165) is 26.1 Å². The maximum absolute atomic E-state index is 1.57. The number of rotatable bonds is 0. The first-order valence-corrected chi connectivity index (χ1v) is 6.40. The van der Waals surface area contributed by atoms with Gasteiger partial charge in [-0.15, -0.1) is 0 Å². The molecule has 1 aliphatic rings. The molecule has 0 aromatic heterocycles. The maximum atomic E-state index is 1.57. The molecule has 1 aliphatic carbocycles. The van der Waals surface area contributed by atoms with Crippen molar-refractivity contribution in [3.8, 4) is 0 Å². The van der Waals surface area contributed by atoms with Crippen LogP contribution in [0.25, 0.3) is 0 Å². The fourth-order valence-corrected chi connectivity index (χ4v) is 3.43. The standard InChI is InChI=1S/C6H11.Hg/c1-2-4-6-5-3-1;/h1H,2-6H2;/q;+1. The third kappa shape index (κ3) is 2.12. The Kier molecular flexibility index (Phi) is 2.65. The van der Waals surface area contributed by atoms with Crippen LogP contribution in [0.1, 0.15) is 32.1 Å². The molecule has 0 aliphatic heterocycles. The SMILES string of the molecule is [Hg+][CH]1CCCCC1. The molecule has 0 amide bonds.